The lowest BCUT2D eigenvalue weighted by Crippen LogP contribution is -2.36. The molecule has 4 N–H and O–H groups in total. The van der Waals surface area contributed by atoms with Crippen LogP contribution in [0.5, 0.6) is 0 Å². The number of aromatic nitrogens is 2. The van der Waals surface area contributed by atoms with Crippen molar-refractivity contribution in [3.05, 3.63) is 11.9 Å². The Hall–Kier alpha value is -1.56. The molecule has 1 aromatic heterocycles. The van der Waals surface area contributed by atoms with Gasteiger partial charge >= 0.3 is 0 Å². The molecule has 6 nitrogen and oxygen atoms in total. The second-order valence-corrected chi connectivity index (χ2v) is 3.32. The molecule has 0 aromatic carbocycles. The second-order valence-electron chi connectivity index (χ2n) is 3.32. The zero-order valence-corrected chi connectivity index (χ0v) is 8.90. The first kappa shape index (κ1) is 11.5. The third-order valence-corrected chi connectivity index (χ3v) is 2.03. The SMILES string of the molecule is CCn1ncc(N)c1C(=O)NC(C)CO. The molecule has 0 saturated carbocycles. The van der Waals surface area contributed by atoms with Crippen molar-refractivity contribution in [1.29, 1.82) is 0 Å². The van der Waals surface area contributed by atoms with Crippen molar-refractivity contribution in [2.75, 3.05) is 12.3 Å². The number of nitrogens with two attached hydrogens (primary N) is 1. The molecule has 1 atom stereocenters. The minimum Gasteiger partial charge on any atom is -0.396 e. The molecule has 1 rings (SSSR count). The van der Waals surface area contributed by atoms with E-state index in [1.54, 1.807) is 6.92 Å². The van der Waals surface area contributed by atoms with Gasteiger partial charge in [-0.05, 0) is 13.8 Å². The van der Waals surface area contributed by atoms with E-state index < -0.39 is 0 Å². The maximum Gasteiger partial charge on any atom is 0.271 e. The number of carbonyl (C=O) groups excluding carboxylic acids is 1. The van der Waals surface area contributed by atoms with E-state index in [4.69, 9.17) is 10.8 Å². The number of nitrogens with one attached hydrogen (secondary N) is 1. The Morgan fingerprint density at radius 3 is 3.00 bits per heavy atom. The molecule has 0 aliphatic heterocycles. The molecule has 1 amide bonds. The molecule has 6 heteroatoms. The number of anilines is 1. The van der Waals surface area contributed by atoms with E-state index in [0.29, 0.717) is 17.9 Å². The molecule has 1 aromatic rings. The van der Waals surface area contributed by atoms with Gasteiger partial charge in [-0.25, -0.2) is 0 Å². The van der Waals surface area contributed by atoms with Gasteiger partial charge in [0.15, 0.2) is 0 Å². The summed E-state index contributed by atoms with van der Waals surface area (Å²) in [6.45, 7) is 4.05. The summed E-state index contributed by atoms with van der Waals surface area (Å²) in [6.07, 6.45) is 1.45. The second kappa shape index (κ2) is 4.79. The van der Waals surface area contributed by atoms with Crippen LogP contribution in [-0.4, -0.2) is 33.4 Å². The molecule has 0 radical (unpaired) electrons. The maximum atomic E-state index is 11.7. The van der Waals surface area contributed by atoms with Crippen LogP contribution in [0.4, 0.5) is 5.69 Å². The van der Waals surface area contributed by atoms with Crippen molar-refractivity contribution < 1.29 is 9.90 Å². The van der Waals surface area contributed by atoms with E-state index in [9.17, 15) is 4.79 Å². The molecule has 0 saturated heterocycles. The summed E-state index contributed by atoms with van der Waals surface area (Å²) in [6, 6.07) is -0.294. The summed E-state index contributed by atoms with van der Waals surface area (Å²) in [7, 11) is 0. The van der Waals surface area contributed by atoms with Crippen LogP contribution in [0.25, 0.3) is 0 Å². The monoisotopic (exact) mass is 212 g/mol. The Labute approximate surface area is 88.1 Å². The predicted molar refractivity (Wildman–Crippen MR) is 56.3 cm³/mol. The Kier molecular flexibility index (Phi) is 3.68. The number of rotatable bonds is 4. The zero-order valence-electron chi connectivity index (χ0n) is 8.90. The minimum atomic E-state index is -0.312. The van der Waals surface area contributed by atoms with Gasteiger partial charge in [-0.1, -0.05) is 0 Å². The third-order valence-electron chi connectivity index (χ3n) is 2.03. The first-order chi connectivity index (χ1) is 7.10. The standard InChI is InChI=1S/C9H16N4O2/c1-3-13-8(7(10)4-11-13)9(15)12-6(2)5-14/h4,6,14H,3,5,10H2,1-2H3,(H,12,15). The van der Waals surface area contributed by atoms with E-state index >= 15 is 0 Å². The van der Waals surface area contributed by atoms with Crippen LogP contribution in [0.2, 0.25) is 0 Å². The molecular formula is C9H16N4O2. The molecule has 84 valence electrons. The van der Waals surface area contributed by atoms with E-state index in [1.165, 1.54) is 10.9 Å². The van der Waals surface area contributed by atoms with Gasteiger partial charge in [0.25, 0.3) is 5.91 Å². The maximum absolute atomic E-state index is 11.7. The van der Waals surface area contributed by atoms with Gasteiger partial charge in [-0.2, -0.15) is 5.10 Å². The lowest BCUT2D eigenvalue weighted by Gasteiger charge is -2.11. The van der Waals surface area contributed by atoms with Crippen LogP contribution >= 0.6 is 0 Å². The Bertz CT molecular complexity index is 348. The van der Waals surface area contributed by atoms with E-state index in [0.717, 1.165) is 0 Å². The molecule has 0 bridgehead atoms. The van der Waals surface area contributed by atoms with Crippen molar-refractivity contribution in [3.8, 4) is 0 Å². The van der Waals surface area contributed by atoms with Gasteiger partial charge in [0, 0.05) is 12.6 Å². The van der Waals surface area contributed by atoms with Gasteiger partial charge in [0.2, 0.25) is 0 Å². The number of amides is 1. The van der Waals surface area contributed by atoms with Gasteiger partial charge < -0.3 is 16.2 Å². The fourth-order valence-corrected chi connectivity index (χ4v) is 1.23. The minimum absolute atomic E-state index is 0.105. The molecule has 0 aliphatic rings. The molecule has 1 heterocycles. The van der Waals surface area contributed by atoms with Crippen molar-refractivity contribution in [1.82, 2.24) is 15.1 Å². The molecule has 0 fully saturated rings. The van der Waals surface area contributed by atoms with Crippen molar-refractivity contribution >= 4 is 11.6 Å². The predicted octanol–water partition coefficient (Wildman–Crippen LogP) is -0.404. The van der Waals surface area contributed by atoms with Gasteiger partial charge in [0.05, 0.1) is 18.5 Å². The summed E-state index contributed by atoms with van der Waals surface area (Å²) in [5.74, 6) is -0.312. The number of nitrogens with zero attached hydrogens (tertiary/aromatic N) is 2. The van der Waals surface area contributed by atoms with Crippen LogP contribution in [0.3, 0.4) is 0 Å². The van der Waals surface area contributed by atoms with Crippen molar-refractivity contribution in [3.63, 3.8) is 0 Å². The fraction of sp³-hybridized carbons (Fsp3) is 0.556. The number of aryl methyl sites for hydroxylation is 1. The number of hydrogen-bond acceptors (Lipinski definition) is 4. The zero-order chi connectivity index (χ0) is 11.4. The highest BCUT2D eigenvalue weighted by Crippen LogP contribution is 2.10. The number of carbonyl (C=O) groups is 1. The van der Waals surface area contributed by atoms with Gasteiger partial charge in [0.1, 0.15) is 5.69 Å². The molecule has 0 spiro atoms. The topological polar surface area (TPSA) is 93.2 Å². The quantitative estimate of drug-likeness (QED) is 0.633. The largest absolute Gasteiger partial charge is 0.396 e. The first-order valence-electron chi connectivity index (χ1n) is 4.83. The fourth-order valence-electron chi connectivity index (χ4n) is 1.23. The number of aliphatic hydroxyl groups excluding tert-OH is 1. The van der Waals surface area contributed by atoms with Crippen LogP contribution in [0, 0.1) is 0 Å². The van der Waals surface area contributed by atoms with Crippen molar-refractivity contribution in [2.45, 2.75) is 26.4 Å². The molecule has 1 unspecified atom stereocenters. The lowest BCUT2D eigenvalue weighted by molar-refractivity contribution is 0.0912. The summed E-state index contributed by atoms with van der Waals surface area (Å²) >= 11 is 0. The van der Waals surface area contributed by atoms with E-state index in [1.807, 2.05) is 6.92 Å². The summed E-state index contributed by atoms with van der Waals surface area (Å²) in [4.78, 5) is 11.7. The molecular weight excluding hydrogens is 196 g/mol. The lowest BCUT2D eigenvalue weighted by atomic mass is 10.3. The van der Waals surface area contributed by atoms with Crippen LogP contribution in [0.1, 0.15) is 24.3 Å². The first-order valence-corrected chi connectivity index (χ1v) is 4.83. The van der Waals surface area contributed by atoms with Gasteiger partial charge in [-0.15, -0.1) is 0 Å². The van der Waals surface area contributed by atoms with E-state index in [-0.39, 0.29) is 18.6 Å². The number of hydrogen-bond donors (Lipinski definition) is 3. The van der Waals surface area contributed by atoms with Crippen LogP contribution < -0.4 is 11.1 Å². The number of aliphatic hydroxyl groups is 1. The smallest absolute Gasteiger partial charge is 0.271 e. The highest BCUT2D eigenvalue weighted by molar-refractivity contribution is 5.97. The normalized spacial score (nSPS) is 12.5. The third kappa shape index (κ3) is 2.47. The van der Waals surface area contributed by atoms with Crippen LogP contribution in [-0.2, 0) is 6.54 Å². The average molecular weight is 212 g/mol. The highest BCUT2D eigenvalue weighted by atomic mass is 16.3. The Morgan fingerprint density at radius 1 is 1.80 bits per heavy atom. The highest BCUT2D eigenvalue weighted by Gasteiger charge is 2.17. The summed E-state index contributed by atoms with van der Waals surface area (Å²) in [5.41, 5.74) is 6.32. The molecule has 0 aliphatic carbocycles. The summed E-state index contributed by atoms with van der Waals surface area (Å²) < 4.78 is 1.52. The average Bonchev–Trinajstić information content (AvgIpc) is 2.59. The van der Waals surface area contributed by atoms with Crippen LogP contribution in [0.15, 0.2) is 6.20 Å². The molecule has 15 heavy (non-hydrogen) atoms. The van der Waals surface area contributed by atoms with Gasteiger partial charge in [-0.3, -0.25) is 9.48 Å². The summed E-state index contributed by atoms with van der Waals surface area (Å²) in [5, 5.41) is 15.4. The Balaban J connectivity index is 2.85. The number of nitrogen functional groups attached to an aromatic ring is 1. The van der Waals surface area contributed by atoms with Crippen molar-refractivity contribution in [2.24, 2.45) is 0 Å². The Morgan fingerprint density at radius 2 is 2.47 bits per heavy atom. The van der Waals surface area contributed by atoms with E-state index in [2.05, 4.69) is 10.4 Å².